The van der Waals surface area contributed by atoms with Crippen LogP contribution in [-0.2, 0) is 4.79 Å². The summed E-state index contributed by atoms with van der Waals surface area (Å²) in [7, 11) is 0. The van der Waals surface area contributed by atoms with Crippen molar-refractivity contribution in [2.45, 2.75) is 26.7 Å². The largest absolute Gasteiger partial charge is 0.298 e. The molecule has 10 heavy (non-hydrogen) atoms. The molecule has 0 heterocycles. The third-order valence-corrected chi connectivity index (χ3v) is 2.24. The van der Waals surface area contributed by atoms with Crippen LogP contribution in [0.25, 0.3) is 0 Å². The summed E-state index contributed by atoms with van der Waals surface area (Å²) in [6.45, 7) is 3.93. The van der Waals surface area contributed by atoms with E-state index in [1.165, 1.54) is 0 Å². The smallest absolute Gasteiger partial charge is 0.153 e. The summed E-state index contributed by atoms with van der Waals surface area (Å²) in [4.78, 5) is 11.3. The quantitative estimate of drug-likeness (QED) is 0.462. The van der Waals surface area contributed by atoms with Crippen molar-refractivity contribution in [1.82, 2.24) is 0 Å². The van der Waals surface area contributed by atoms with Crippen LogP contribution in [0.2, 0.25) is 0 Å². The van der Waals surface area contributed by atoms with Crippen LogP contribution in [0.5, 0.6) is 0 Å². The van der Waals surface area contributed by atoms with Gasteiger partial charge >= 0.3 is 0 Å². The molecule has 0 unspecified atom stereocenters. The number of carbonyl (C=O) groups excluding carboxylic acids is 1. The Bertz CT molecular complexity index is 195. The summed E-state index contributed by atoms with van der Waals surface area (Å²) in [6.07, 6.45) is 7.00. The molecule has 0 bridgehead atoms. The maximum atomic E-state index is 11.3. The second-order valence-corrected chi connectivity index (χ2v) is 3.51. The Hall–Kier alpha value is -0.770. The molecule has 1 fully saturated rings. The highest BCUT2D eigenvalue weighted by molar-refractivity contribution is 5.90. The Morgan fingerprint density at radius 3 is 2.50 bits per heavy atom. The van der Waals surface area contributed by atoms with Crippen molar-refractivity contribution in [1.29, 1.82) is 0 Å². The molecule has 1 saturated carbocycles. The number of rotatable bonds is 0. The van der Waals surface area contributed by atoms with Gasteiger partial charge in [0.15, 0.2) is 5.78 Å². The van der Waals surface area contributed by atoms with Gasteiger partial charge in [0.05, 0.1) is 5.92 Å². The van der Waals surface area contributed by atoms with Gasteiger partial charge < -0.3 is 0 Å². The van der Waals surface area contributed by atoms with Crippen molar-refractivity contribution in [3.8, 4) is 12.3 Å². The molecule has 1 aliphatic rings. The SMILES string of the molecule is C#C[C@@H]1CCC(C)(C)C1=O. The zero-order chi connectivity index (χ0) is 7.78. The van der Waals surface area contributed by atoms with Gasteiger partial charge in [0, 0.05) is 5.41 Å². The van der Waals surface area contributed by atoms with E-state index in [1.54, 1.807) is 0 Å². The van der Waals surface area contributed by atoms with Crippen molar-refractivity contribution in [3.05, 3.63) is 0 Å². The lowest BCUT2D eigenvalue weighted by Crippen LogP contribution is -2.20. The van der Waals surface area contributed by atoms with Crippen LogP contribution >= 0.6 is 0 Å². The summed E-state index contributed by atoms with van der Waals surface area (Å²) in [5.74, 6) is 2.66. The molecule has 1 aliphatic carbocycles. The third kappa shape index (κ3) is 0.945. The molecule has 54 valence electrons. The standard InChI is InChI=1S/C9H12O/c1-4-7-5-6-9(2,3)8(7)10/h1,7H,5-6H2,2-3H3/t7-/m1/s1. The van der Waals surface area contributed by atoms with Crippen LogP contribution in [0.4, 0.5) is 0 Å². The van der Waals surface area contributed by atoms with Gasteiger partial charge in [-0.25, -0.2) is 0 Å². The molecule has 0 radical (unpaired) electrons. The molecule has 0 aromatic heterocycles. The van der Waals surface area contributed by atoms with Crippen molar-refractivity contribution in [2.75, 3.05) is 0 Å². The second-order valence-electron chi connectivity index (χ2n) is 3.51. The molecule has 0 N–H and O–H groups in total. The van der Waals surface area contributed by atoms with Crippen LogP contribution in [0.1, 0.15) is 26.7 Å². The van der Waals surface area contributed by atoms with E-state index < -0.39 is 0 Å². The zero-order valence-electron chi connectivity index (χ0n) is 6.48. The first-order valence-corrected chi connectivity index (χ1v) is 3.58. The summed E-state index contributed by atoms with van der Waals surface area (Å²) in [6, 6.07) is 0. The number of hydrogen-bond acceptors (Lipinski definition) is 1. The minimum absolute atomic E-state index is 0.102. The Balaban J connectivity index is 2.80. The molecule has 1 atom stereocenters. The van der Waals surface area contributed by atoms with E-state index in [0.29, 0.717) is 0 Å². The molecule has 0 saturated heterocycles. The van der Waals surface area contributed by atoms with Crippen LogP contribution < -0.4 is 0 Å². The van der Waals surface area contributed by atoms with Gasteiger partial charge in [-0.15, -0.1) is 6.42 Å². The number of ketones is 1. The Morgan fingerprint density at radius 1 is 1.70 bits per heavy atom. The third-order valence-electron chi connectivity index (χ3n) is 2.24. The van der Waals surface area contributed by atoms with Crippen LogP contribution in [-0.4, -0.2) is 5.78 Å². The Morgan fingerprint density at radius 2 is 2.30 bits per heavy atom. The number of hydrogen-bond donors (Lipinski definition) is 0. The van der Waals surface area contributed by atoms with E-state index in [-0.39, 0.29) is 17.1 Å². The number of carbonyl (C=O) groups is 1. The van der Waals surface area contributed by atoms with Crippen LogP contribution in [0.3, 0.4) is 0 Å². The van der Waals surface area contributed by atoms with Crippen molar-refractivity contribution in [2.24, 2.45) is 11.3 Å². The molecule has 1 rings (SSSR count). The lowest BCUT2D eigenvalue weighted by Gasteiger charge is -2.13. The fraction of sp³-hybridized carbons (Fsp3) is 0.667. The lowest BCUT2D eigenvalue weighted by molar-refractivity contribution is -0.126. The topological polar surface area (TPSA) is 17.1 Å². The Kier molecular flexibility index (Phi) is 1.56. The molecule has 0 aromatic rings. The minimum atomic E-state index is -0.156. The highest BCUT2D eigenvalue weighted by Gasteiger charge is 2.39. The van der Waals surface area contributed by atoms with Gasteiger partial charge in [0.2, 0.25) is 0 Å². The molecule has 0 aromatic carbocycles. The Labute approximate surface area is 61.8 Å². The highest BCUT2D eigenvalue weighted by Crippen LogP contribution is 2.36. The number of terminal acetylenes is 1. The molecular formula is C9H12O. The molecule has 1 heteroatoms. The minimum Gasteiger partial charge on any atom is -0.298 e. The van der Waals surface area contributed by atoms with Gasteiger partial charge in [-0.05, 0) is 12.8 Å². The van der Waals surface area contributed by atoms with E-state index in [4.69, 9.17) is 6.42 Å². The normalized spacial score (nSPS) is 30.1. The van der Waals surface area contributed by atoms with E-state index in [9.17, 15) is 4.79 Å². The first kappa shape index (κ1) is 7.34. The highest BCUT2D eigenvalue weighted by atomic mass is 16.1. The predicted molar refractivity (Wildman–Crippen MR) is 40.3 cm³/mol. The average molecular weight is 136 g/mol. The summed E-state index contributed by atoms with van der Waals surface area (Å²) >= 11 is 0. The molecule has 0 amide bonds. The van der Waals surface area contributed by atoms with Crippen molar-refractivity contribution < 1.29 is 4.79 Å². The fourth-order valence-corrected chi connectivity index (χ4v) is 1.39. The zero-order valence-corrected chi connectivity index (χ0v) is 6.48. The van der Waals surface area contributed by atoms with E-state index in [0.717, 1.165) is 12.8 Å². The number of Topliss-reactive ketones (excluding diaryl/α,β-unsaturated/α-hetero) is 1. The molecule has 0 aliphatic heterocycles. The van der Waals surface area contributed by atoms with E-state index in [2.05, 4.69) is 5.92 Å². The molecular weight excluding hydrogens is 124 g/mol. The first-order chi connectivity index (χ1) is 4.58. The van der Waals surface area contributed by atoms with Gasteiger partial charge in [0.25, 0.3) is 0 Å². The van der Waals surface area contributed by atoms with Gasteiger partial charge in [-0.2, -0.15) is 0 Å². The summed E-state index contributed by atoms with van der Waals surface area (Å²) in [5, 5.41) is 0. The van der Waals surface area contributed by atoms with Crippen molar-refractivity contribution >= 4 is 5.78 Å². The monoisotopic (exact) mass is 136 g/mol. The fourth-order valence-electron chi connectivity index (χ4n) is 1.39. The van der Waals surface area contributed by atoms with Gasteiger partial charge in [0.1, 0.15) is 0 Å². The van der Waals surface area contributed by atoms with Crippen molar-refractivity contribution in [3.63, 3.8) is 0 Å². The van der Waals surface area contributed by atoms with Crippen LogP contribution in [0, 0.1) is 23.7 Å². The average Bonchev–Trinajstić information content (AvgIpc) is 2.10. The first-order valence-electron chi connectivity index (χ1n) is 3.58. The maximum Gasteiger partial charge on any atom is 0.153 e. The summed E-state index contributed by atoms with van der Waals surface area (Å²) < 4.78 is 0. The lowest BCUT2D eigenvalue weighted by atomic mass is 9.89. The molecule has 1 nitrogen and oxygen atoms in total. The predicted octanol–water partition coefficient (Wildman–Crippen LogP) is 1.62. The maximum absolute atomic E-state index is 11.3. The van der Waals surface area contributed by atoms with Gasteiger partial charge in [-0.1, -0.05) is 19.8 Å². The van der Waals surface area contributed by atoms with Crippen LogP contribution in [0.15, 0.2) is 0 Å². The van der Waals surface area contributed by atoms with E-state index in [1.807, 2.05) is 13.8 Å². The van der Waals surface area contributed by atoms with Gasteiger partial charge in [-0.3, -0.25) is 4.79 Å². The van der Waals surface area contributed by atoms with E-state index >= 15 is 0 Å². The molecule has 0 spiro atoms. The second kappa shape index (κ2) is 2.12. The summed E-state index contributed by atoms with van der Waals surface area (Å²) in [5.41, 5.74) is -0.156.